The summed E-state index contributed by atoms with van der Waals surface area (Å²) in [6.07, 6.45) is -0.0826. The summed E-state index contributed by atoms with van der Waals surface area (Å²) >= 11 is 0. The van der Waals surface area contributed by atoms with Crippen LogP contribution in [0.3, 0.4) is 0 Å². The number of ether oxygens (including phenoxy) is 2. The molecule has 0 aliphatic carbocycles. The number of nitrogens with one attached hydrogen (secondary N) is 1. The van der Waals surface area contributed by atoms with Crippen molar-refractivity contribution < 1.29 is 24.2 Å². The highest BCUT2D eigenvalue weighted by Gasteiger charge is 2.14. The second kappa shape index (κ2) is 9.56. The summed E-state index contributed by atoms with van der Waals surface area (Å²) in [5.74, 6) is 0.217. The number of aromatic nitrogens is 1. The fourth-order valence-electron chi connectivity index (χ4n) is 3.06. The van der Waals surface area contributed by atoms with Crippen molar-refractivity contribution in [3.63, 3.8) is 0 Å². The van der Waals surface area contributed by atoms with E-state index in [0.717, 1.165) is 11.1 Å². The highest BCUT2D eigenvalue weighted by Crippen LogP contribution is 2.34. The second-order valence-electron chi connectivity index (χ2n) is 6.58. The molecule has 154 valence electrons. The summed E-state index contributed by atoms with van der Waals surface area (Å²) in [5.41, 5.74) is 2.60. The molecule has 1 heterocycles. The van der Waals surface area contributed by atoms with E-state index < -0.39 is 5.97 Å². The lowest BCUT2D eigenvalue weighted by molar-refractivity contribution is -0.136. The average molecular weight is 406 g/mol. The number of anilines is 1. The van der Waals surface area contributed by atoms with Crippen LogP contribution in [-0.2, 0) is 22.4 Å². The van der Waals surface area contributed by atoms with Crippen LogP contribution in [-0.4, -0.2) is 36.2 Å². The van der Waals surface area contributed by atoms with Crippen LogP contribution in [0.5, 0.6) is 11.5 Å². The molecule has 0 aliphatic heterocycles. The molecule has 0 unspecified atom stereocenters. The van der Waals surface area contributed by atoms with Crippen LogP contribution < -0.4 is 14.8 Å². The Hall–Kier alpha value is -3.87. The molecule has 0 saturated heterocycles. The maximum atomic E-state index is 12.5. The Labute approximate surface area is 174 Å². The molecule has 3 aromatic rings. The first-order valence-corrected chi connectivity index (χ1v) is 9.27. The van der Waals surface area contributed by atoms with Gasteiger partial charge in [0.05, 0.1) is 32.8 Å². The normalized spacial score (nSPS) is 10.3. The van der Waals surface area contributed by atoms with Crippen molar-refractivity contribution in [2.24, 2.45) is 0 Å². The minimum absolute atomic E-state index is 0.187. The monoisotopic (exact) mass is 406 g/mol. The van der Waals surface area contributed by atoms with E-state index in [1.807, 2.05) is 36.4 Å². The predicted octanol–water partition coefficient (Wildman–Crippen LogP) is 3.57. The molecule has 0 spiro atoms. The van der Waals surface area contributed by atoms with Crippen LogP contribution in [0, 0.1) is 0 Å². The number of rotatable bonds is 8. The van der Waals surface area contributed by atoms with Crippen LogP contribution in [0.1, 0.15) is 11.3 Å². The fraction of sp³-hybridized carbons (Fsp3) is 0.174. The summed E-state index contributed by atoms with van der Waals surface area (Å²) in [7, 11) is 3.10. The van der Waals surface area contributed by atoms with E-state index in [9.17, 15) is 14.7 Å². The molecule has 0 fully saturated rings. The van der Waals surface area contributed by atoms with Gasteiger partial charge < -0.3 is 19.9 Å². The standard InChI is InChI=1S/C23H22N2O5/c1-29-18-8-9-19(20(14-18)30-2)16-11-17(13-23(27)28)24-21(12-16)25-22(26)10-15-6-4-3-5-7-15/h3-9,11-12,14H,10,13H2,1-2H3,(H,27,28)(H,24,25,26). The van der Waals surface area contributed by atoms with Crippen molar-refractivity contribution in [1.29, 1.82) is 0 Å². The molecule has 0 bridgehead atoms. The van der Waals surface area contributed by atoms with E-state index >= 15 is 0 Å². The van der Waals surface area contributed by atoms with Gasteiger partial charge in [-0.3, -0.25) is 9.59 Å². The Balaban J connectivity index is 1.94. The minimum atomic E-state index is -1.01. The zero-order valence-electron chi connectivity index (χ0n) is 16.7. The van der Waals surface area contributed by atoms with Crippen LogP contribution in [0.4, 0.5) is 5.82 Å². The Morgan fingerprint density at radius 2 is 1.73 bits per heavy atom. The number of methoxy groups -OCH3 is 2. The average Bonchev–Trinajstić information content (AvgIpc) is 2.73. The summed E-state index contributed by atoms with van der Waals surface area (Å²) in [6.45, 7) is 0. The lowest BCUT2D eigenvalue weighted by Gasteiger charge is -2.13. The first-order valence-electron chi connectivity index (χ1n) is 9.27. The van der Waals surface area contributed by atoms with Gasteiger partial charge in [0.25, 0.3) is 0 Å². The quantitative estimate of drug-likeness (QED) is 0.593. The number of carbonyl (C=O) groups is 2. The van der Waals surface area contributed by atoms with Gasteiger partial charge in [0, 0.05) is 11.6 Å². The first-order chi connectivity index (χ1) is 14.5. The van der Waals surface area contributed by atoms with E-state index in [1.165, 1.54) is 0 Å². The lowest BCUT2D eigenvalue weighted by atomic mass is 10.0. The highest BCUT2D eigenvalue weighted by molar-refractivity contribution is 5.92. The molecular formula is C23H22N2O5. The van der Waals surface area contributed by atoms with Crippen LogP contribution >= 0.6 is 0 Å². The predicted molar refractivity (Wildman–Crippen MR) is 113 cm³/mol. The van der Waals surface area contributed by atoms with Crippen LogP contribution in [0.25, 0.3) is 11.1 Å². The Bertz CT molecular complexity index is 1050. The molecule has 2 N–H and O–H groups in total. The van der Waals surface area contributed by atoms with Gasteiger partial charge in [0.1, 0.15) is 17.3 Å². The van der Waals surface area contributed by atoms with Crippen LogP contribution in [0.2, 0.25) is 0 Å². The van der Waals surface area contributed by atoms with Crippen LogP contribution in [0.15, 0.2) is 60.7 Å². The van der Waals surface area contributed by atoms with Gasteiger partial charge in [-0.25, -0.2) is 4.98 Å². The van der Waals surface area contributed by atoms with Crippen molar-refractivity contribution in [2.45, 2.75) is 12.8 Å². The Morgan fingerprint density at radius 3 is 2.40 bits per heavy atom. The van der Waals surface area contributed by atoms with Gasteiger partial charge in [0.15, 0.2) is 0 Å². The van der Waals surface area contributed by atoms with Gasteiger partial charge in [0.2, 0.25) is 5.91 Å². The number of nitrogens with zero attached hydrogens (tertiary/aromatic N) is 1. The smallest absolute Gasteiger partial charge is 0.309 e. The number of aliphatic carboxylic acids is 1. The number of hydrogen-bond acceptors (Lipinski definition) is 5. The van der Waals surface area contributed by atoms with E-state index in [2.05, 4.69) is 10.3 Å². The molecule has 7 nitrogen and oxygen atoms in total. The third-order valence-electron chi connectivity index (χ3n) is 4.41. The third kappa shape index (κ3) is 5.35. The number of carboxylic acid groups (broad SMARTS) is 1. The topological polar surface area (TPSA) is 97.8 Å². The molecule has 1 amide bonds. The molecule has 30 heavy (non-hydrogen) atoms. The minimum Gasteiger partial charge on any atom is -0.497 e. The molecule has 0 atom stereocenters. The number of hydrogen-bond donors (Lipinski definition) is 2. The van der Waals surface area contributed by atoms with Crippen molar-refractivity contribution in [3.05, 3.63) is 71.9 Å². The second-order valence-corrected chi connectivity index (χ2v) is 6.58. The SMILES string of the molecule is COc1ccc(-c2cc(CC(=O)O)nc(NC(=O)Cc3ccccc3)c2)c(OC)c1. The molecule has 3 rings (SSSR count). The summed E-state index contributed by atoms with van der Waals surface area (Å²) in [6, 6.07) is 18.0. The van der Waals surface area contributed by atoms with Crippen molar-refractivity contribution in [2.75, 3.05) is 19.5 Å². The van der Waals surface area contributed by atoms with E-state index in [-0.39, 0.29) is 24.6 Å². The maximum Gasteiger partial charge on any atom is 0.309 e. The number of amides is 1. The van der Waals surface area contributed by atoms with Gasteiger partial charge in [-0.2, -0.15) is 0 Å². The zero-order chi connectivity index (χ0) is 21.5. The summed E-state index contributed by atoms with van der Waals surface area (Å²) in [4.78, 5) is 28.0. The lowest BCUT2D eigenvalue weighted by Crippen LogP contribution is -2.16. The van der Waals surface area contributed by atoms with Gasteiger partial charge in [-0.15, -0.1) is 0 Å². The largest absolute Gasteiger partial charge is 0.497 e. The van der Waals surface area contributed by atoms with E-state index in [1.54, 1.807) is 38.5 Å². The van der Waals surface area contributed by atoms with Crippen molar-refractivity contribution in [1.82, 2.24) is 4.98 Å². The van der Waals surface area contributed by atoms with Crippen molar-refractivity contribution in [3.8, 4) is 22.6 Å². The zero-order valence-corrected chi connectivity index (χ0v) is 16.7. The van der Waals surface area contributed by atoms with Gasteiger partial charge >= 0.3 is 5.97 Å². The Kier molecular flexibility index (Phi) is 6.64. The highest BCUT2D eigenvalue weighted by atomic mass is 16.5. The first kappa shape index (κ1) is 20.9. The van der Waals surface area contributed by atoms with E-state index in [4.69, 9.17) is 9.47 Å². The third-order valence-corrected chi connectivity index (χ3v) is 4.41. The summed E-state index contributed by atoms with van der Waals surface area (Å²) < 4.78 is 10.7. The molecule has 7 heteroatoms. The number of carbonyl (C=O) groups excluding carboxylic acids is 1. The molecule has 1 aromatic heterocycles. The fourth-order valence-corrected chi connectivity index (χ4v) is 3.06. The maximum absolute atomic E-state index is 12.5. The molecule has 2 aromatic carbocycles. The van der Waals surface area contributed by atoms with Gasteiger partial charge in [-0.1, -0.05) is 30.3 Å². The Morgan fingerprint density at radius 1 is 0.967 bits per heavy atom. The summed E-state index contributed by atoms with van der Waals surface area (Å²) in [5, 5.41) is 12.0. The molecule has 0 aliphatic rings. The van der Waals surface area contributed by atoms with Crippen molar-refractivity contribution >= 4 is 17.7 Å². The van der Waals surface area contributed by atoms with Gasteiger partial charge in [-0.05, 0) is 35.4 Å². The number of benzene rings is 2. The molecule has 0 radical (unpaired) electrons. The van der Waals surface area contributed by atoms with E-state index in [0.29, 0.717) is 22.8 Å². The number of pyridine rings is 1. The number of carboxylic acids is 1. The molecular weight excluding hydrogens is 384 g/mol. The molecule has 0 saturated carbocycles.